The highest BCUT2D eigenvalue weighted by molar-refractivity contribution is 7.10. The highest BCUT2D eigenvalue weighted by Crippen LogP contribution is 2.22. The van der Waals surface area contributed by atoms with Crippen LogP contribution in [0.5, 0.6) is 6.01 Å². The minimum atomic E-state index is -0.0226. The zero-order chi connectivity index (χ0) is 14.5. The third kappa shape index (κ3) is 3.78. The molecule has 0 bridgehead atoms. The molecule has 8 heteroatoms. The molecule has 0 saturated carbocycles. The molecule has 2 aromatic rings. The number of hydrogen-bond acceptors (Lipinski definition) is 8. The molecular formula is C12H18N6OS. The molecule has 0 amide bonds. The number of ether oxygens (including phenoxy) is 1. The number of nitrogens with one attached hydrogen (secondary N) is 2. The minimum Gasteiger partial charge on any atom is -0.461 e. The molecule has 0 aliphatic carbocycles. The van der Waals surface area contributed by atoms with E-state index in [1.54, 1.807) is 11.3 Å². The number of nitrogen functional groups attached to an aromatic ring is 1. The van der Waals surface area contributed by atoms with Crippen LogP contribution < -0.4 is 21.3 Å². The van der Waals surface area contributed by atoms with E-state index >= 15 is 0 Å². The van der Waals surface area contributed by atoms with Crippen LogP contribution in [0.4, 0.5) is 11.9 Å². The molecule has 1 unspecified atom stereocenters. The van der Waals surface area contributed by atoms with Crippen LogP contribution in [0.1, 0.15) is 31.7 Å². The van der Waals surface area contributed by atoms with Crippen LogP contribution in [0.25, 0.3) is 0 Å². The first-order chi connectivity index (χ1) is 9.58. The lowest BCUT2D eigenvalue weighted by Crippen LogP contribution is -2.17. The van der Waals surface area contributed by atoms with Gasteiger partial charge in [0.25, 0.3) is 0 Å². The van der Waals surface area contributed by atoms with E-state index in [1.807, 2.05) is 32.2 Å². The van der Waals surface area contributed by atoms with Gasteiger partial charge in [-0.15, -0.1) is 11.3 Å². The summed E-state index contributed by atoms with van der Waals surface area (Å²) in [5.74, 6) is 6.04. The molecule has 0 fully saturated rings. The lowest BCUT2D eigenvalue weighted by molar-refractivity contribution is 0.222. The molecule has 1 atom stereocenters. The fraction of sp³-hybridized carbons (Fsp3) is 0.417. The second kappa shape index (κ2) is 6.49. The fourth-order valence-corrected chi connectivity index (χ4v) is 2.29. The van der Waals surface area contributed by atoms with Crippen molar-refractivity contribution in [2.24, 2.45) is 5.84 Å². The SMILES string of the molecule is CC(C)Oc1nc(NN)nc(NC(C)c2cccs2)n1. The Bertz CT molecular complexity index is 545. The fourth-order valence-electron chi connectivity index (χ4n) is 1.55. The summed E-state index contributed by atoms with van der Waals surface area (Å²) in [6, 6.07) is 4.39. The van der Waals surface area contributed by atoms with Crippen LogP contribution in [0, 0.1) is 0 Å². The maximum absolute atomic E-state index is 5.47. The van der Waals surface area contributed by atoms with Crippen molar-refractivity contribution in [1.82, 2.24) is 15.0 Å². The predicted octanol–water partition coefficient (Wildman–Crippen LogP) is 2.18. The highest BCUT2D eigenvalue weighted by atomic mass is 32.1. The lowest BCUT2D eigenvalue weighted by Gasteiger charge is -2.14. The monoisotopic (exact) mass is 294 g/mol. The van der Waals surface area contributed by atoms with Gasteiger partial charge in [0.05, 0.1) is 12.1 Å². The Morgan fingerprint density at radius 2 is 1.95 bits per heavy atom. The third-order valence-electron chi connectivity index (χ3n) is 2.40. The van der Waals surface area contributed by atoms with E-state index in [2.05, 4.69) is 31.8 Å². The average molecular weight is 294 g/mol. The summed E-state index contributed by atoms with van der Waals surface area (Å²) in [6.07, 6.45) is -0.0226. The van der Waals surface area contributed by atoms with Crippen LogP contribution in [-0.2, 0) is 0 Å². The number of aromatic nitrogens is 3. The van der Waals surface area contributed by atoms with Crippen LogP contribution in [-0.4, -0.2) is 21.1 Å². The standard InChI is InChI=1S/C12H18N6OS/c1-7(2)19-12-16-10(15-11(17-12)18-13)14-8(3)9-5-4-6-20-9/h4-8H,13H2,1-3H3,(H2,14,15,16,17,18). The van der Waals surface area contributed by atoms with E-state index in [1.165, 1.54) is 4.88 Å². The molecule has 0 aliphatic heterocycles. The first-order valence-corrected chi connectivity index (χ1v) is 7.15. The number of anilines is 2. The van der Waals surface area contributed by atoms with Gasteiger partial charge in [-0.3, -0.25) is 5.43 Å². The largest absolute Gasteiger partial charge is 0.461 e. The zero-order valence-corrected chi connectivity index (χ0v) is 12.4. The first-order valence-electron chi connectivity index (χ1n) is 6.27. The smallest absolute Gasteiger partial charge is 0.323 e. The van der Waals surface area contributed by atoms with Crippen LogP contribution in [0.3, 0.4) is 0 Å². The Kier molecular flexibility index (Phi) is 4.70. The number of nitrogens with two attached hydrogens (primary N) is 1. The van der Waals surface area contributed by atoms with Crippen LogP contribution >= 0.6 is 11.3 Å². The van der Waals surface area contributed by atoms with E-state index < -0.39 is 0 Å². The normalized spacial score (nSPS) is 12.2. The molecular weight excluding hydrogens is 276 g/mol. The van der Waals surface area contributed by atoms with Gasteiger partial charge in [0.2, 0.25) is 11.9 Å². The second-order valence-corrected chi connectivity index (χ2v) is 5.44. The van der Waals surface area contributed by atoms with Gasteiger partial charge < -0.3 is 10.1 Å². The lowest BCUT2D eigenvalue weighted by atomic mass is 10.3. The molecule has 0 spiro atoms. The molecule has 0 saturated heterocycles. The van der Waals surface area contributed by atoms with E-state index in [0.29, 0.717) is 5.95 Å². The molecule has 7 nitrogen and oxygen atoms in total. The summed E-state index contributed by atoms with van der Waals surface area (Å²) in [6.45, 7) is 5.84. The van der Waals surface area contributed by atoms with E-state index in [4.69, 9.17) is 10.6 Å². The highest BCUT2D eigenvalue weighted by Gasteiger charge is 2.12. The van der Waals surface area contributed by atoms with Crippen molar-refractivity contribution in [1.29, 1.82) is 0 Å². The van der Waals surface area contributed by atoms with Gasteiger partial charge in [-0.05, 0) is 32.2 Å². The molecule has 20 heavy (non-hydrogen) atoms. The number of thiophene rings is 1. The van der Waals surface area contributed by atoms with Crippen LogP contribution in [0.2, 0.25) is 0 Å². The molecule has 0 aliphatic rings. The molecule has 0 aromatic carbocycles. The Balaban J connectivity index is 2.17. The summed E-state index contributed by atoms with van der Waals surface area (Å²) >= 11 is 1.67. The van der Waals surface area contributed by atoms with Crippen molar-refractivity contribution < 1.29 is 4.74 Å². The van der Waals surface area contributed by atoms with Crippen molar-refractivity contribution in [3.63, 3.8) is 0 Å². The van der Waals surface area contributed by atoms with Crippen molar-refractivity contribution in [2.75, 3.05) is 10.7 Å². The first kappa shape index (κ1) is 14.5. The van der Waals surface area contributed by atoms with Crippen molar-refractivity contribution in [3.05, 3.63) is 22.4 Å². The summed E-state index contributed by atoms with van der Waals surface area (Å²) in [5.41, 5.74) is 2.41. The molecule has 0 radical (unpaired) electrons. The Morgan fingerprint density at radius 3 is 2.55 bits per heavy atom. The summed E-state index contributed by atoms with van der Waals surface area (Å²) < 4.78 is 5.47. The quantitative estimate of drug-likeness (QED) is 0.555. The number of rotatable bonds is 6. The van der Waals surface area contributed by atoms with Crippen molar-refractivity contribution in [2.45, 2.75) is 32.9 Å². The molecule has 2 aromatic heterocycles. The van der Waals surface area contributed by atoms with E-state index in [9.17, 15) is 0 Å². The van der Waals surface area contributed by atoms with Crippen LogP contribution in [0.15, 0.2) is 17.5 Å². The number of nitrogens with zero attached hydrogens (tertiary/aromatic N) is 3. The predicted molar refractivity (Wildman–Crippen MR) is 79.8 cm³/mol. The number of hydrogen-bond donors (Lipinski definition) is 3. The van der Waals surface area contributed by atoms with Gasteiger partial charge in [-0.2, -0.15) is 15.0 Å². The van der Waals surface area contributed by atoms with Gasteiger partial charge in [-0.25, -0.2) is 5.84 Å². The van der Waals surface area contributed by atoms with E-state index in [0.717, 1.165) is 0 Å². The van der Waals surface area contributed by atoms with Gasteiger partial charge in [0.1, 0.15) is 0 Å². The van der Waals surface area contributed by atoms with Gasteiger partial charge >= 0.3 is 6.01 Å². The van der Waals surface area contributed by atoms with E-state index in [-0.39, 0.29) is 24.1 Å². The third-order valence-corrected chi connectivity index (χ3v) is 3.46. The Morgan fingerprint density at radius 1 is 1.20 bits per heavy atom. The summed E-state index contributed by atoms with van der Waals surface area (Å²) in [5, 5.41) is 5.23. The van der Waals surface area contributed by atoms with Crippen molar-refractivity contribution in [3.8, 4) is 6.01 Å². The Hall–Kier alpha value is -1.93. The molecule has 2 heterocycles. The zero-order valence-electron chi connectivity index (χ0n) is 11.6. The Labute approximate surface area is 121 Å². The van der Waals surface area contributed by atoms with Gasteiger partial charge in [-0.1, -0.05) is 6.07 Å². The topological polar surface area (TPSA) is 98.0 Å². The summed E-state index contributed by atoms with van der Waals surface area (Å²) in [4.78, 5) is 13.6. The average Bonchev–Trinajstić information content (AvgIpc) is 2.91. The molecule has 4 N–H and O–H groups in total. The molecule has 2 rings (SSSR count). The maximum atomic E-state index is 5.47. The van der Waals surface area contributed by atoms with Crippen molar-refractivity contribution >= 4 is 23.2 Å². The maximum Gasteiger partial charge on any atom is 0.323 e. The van der Waals surface area contributed by atoms with Gasteiger partial charge in [0.15, 0.2) is 0 Å². The summed E-state index contributed by atoms with van der Waals surface area (Å²) in [7, 11) is 0. The molecule has 108 valence electrons. The minimum absolute atomic E-state index is 0.0226. The number of hydrazine groups is 1. The van der Waals surface area contributed by atoms with Gasteiger partial charge in [0, 0.05) is 4.88 Å². The second-order valence-electron chi connectivity index (χ2n) is 4.46.